The number of carbonyl (C=O) groups excluding carboxylic acids is 2. The van der Waals surface area contributed by atoms with Crippen molar-refractivity contribution < 1.29 is 9.59 Å². The topological polar surface area (TPSA) is 76.3 Å². The van der Waals surface area contributed by atoms with Crippen molar-refractivity contribution >= 4 is 11.8 Å². The van der Waals surface area contributed by atoms with E-state index in [1.165, 1.54) is 0 Å². The zero-order chi connectivity index (χ0) is 22.8. The van der Waals surface area contributed by atoms with Gasteiger partial charge in [-0.25, -0.2) is 4.98 Å². The first-order valence-electron chi connectivity index (χ1n) is 11.1. The number of imidazole rings is 1. The van der Waals surface area contributed by atoms with Gasteiger partial charge in [0.25, 0.3) is 11.8 Å². The fourth-order valence-electron chi connectivity index (χ4n) is 4.24. The number of benzene rings is 1. The summed E-state index contributed by atoms with van der Waals surface area (Å²) in [5.74, 6) is 0.0238. The molecule has 0 N–H and O–H groups in total. The van der Waals surface area contributed by atoms with E-state index in [9.17, 15) is 9.59 Å². The second-order valence-corrected chi connectivity index (χ2v) is 8.14. The molecule has 0 bridgehead atoms. The molecular weight excluding hydrogens is 404 g/mol. The maximum absolute atomic E-state index is 13.3. The highest BCUT2D eigenvalue weighted by Crippen LogP contribution is 2.20. The lowest BCUT2D eigenvalue weighted by Crippen LogP contribution is -2.39. The van der Waals surface area contributed by atoms with Crippen LogP contribution in [0.25, 0.3) is 0 Å². The minimum atomic E-state index is -0.167. The Kier molecular flexibility index (Phi) is 6.12. The number of carbonyl (C=O) groups is 2. The lowest BCUT2D eigenvalue weighted by Gasteiger charge is -2.27. The van der Waals surface area contributed by atoms with E-state index in [1.807, 2.05) is 55.8 Å². The largest absolute Gasteiger partial charge is 0.333 e. The monoisotopic (exact) mass is 434 g/mol. The zero-order valence-corrected chi connectivity index (χ0v) is 19.2. The second kappa shape index (κ2) is 8.98. The van der Waals surface area contributed by atoms with Gasteiger partial charge in [0.2, 0.25) is 0 Å². The third kappa shape index (κ3) is 4.04. The molecule has 0 aliphatic carbocycles. The molecule has 168 valence electrons. The predicted molar refractivity (Wildman–Crippen MR) is 121 cm³/mol. The fourth-order valence-corrected chi connectivity index (χ4v) is 4.24. The van der Waals surface area contributed by atoms with Gasteiger partial charge < -0.3 is 14.4 Å². The van der Waals surface area contributed by atoms with E-state index in [0.29, 0.717) is 44.2 Å². The third-order valence-electron chi connectivity index (χ3n) is 6.15. The van der Waals surface area contributed by atoms with Gasteiger partial charge in [-0.1, -0.05) is 30.3 Å². The van der Waals surface area contributed by atoms with Crippen LogP contribution >= 0.6 is 0 Å². The number of nitrogens with zero attached hydrogens (tertiary/aromatic N) is 6. The standard InChI is InChI=1S/C24H30N6O2/c1-5-27(15-20-17(3)26-30(6-2)18(20)4)23(31)21-16-28-12-13-29(24(32)22(28)25-21)14-19-10-8-7-9-11-19/h7-11,16H,5-6,12-15H2,1-4H3. The molecule has 32 heavy (non-hydrogen) atoms. The van der Waals surface area contributed by atoms with Gasteiger partial charge in [0.05, 0.1) is 5.69 Å². The SMILES string of the molecule is CCN(Cc1c(C)nn(CC)c1C)C(=O)c1cn2c(n1)C(=O)N(Cc1ccccc1)CC2. The van der Waals surface area contributed by atoms with E-state index in [1.54, 1.807) is 20.6 Å². The molecule has 3 heterocycles. The predicted octanol–water partition coefficient (Wildman–Crippen LogP) is 3.03. The van der Waals surface area contributed by atoms with Crippen molar-refractivity contribution in [3.8, 4) is 0 Å². The smallest absolute Gasteiger partial charge is 0.290 e. The van der Waals surface area contributed by atoms with E-state index in [0.717, 1.165) is 29.1 Å². The summed E-state index contributed by atoms with van der Waals surface area (Å²) in [4.78, 5) is 34.3. The number of hydrogen-bond donors (Lipinski definition) is 0. The molecule has 8 heteroatoms. The lowest BCUT2D eigenvalue weighted by molar-refractivity contribution is 0.0683. The van der Waals surface area contributed by atoms with Crippen LogP contribution < -0.4 is 0 Å². The molecule has 8 nitrogen and oxygen atoms in total. The van der Waals surface area contributed by atoms with Gasteiger partial charge in [-0.2, -0.15) is 5.10 Å². The Bertz CT molecular complexity index is 1130. The van der Waals surface area contributed by atoms with E-state index < -0.39 is 0 Å². The van der Waals surface area contributed by atoms with Crippen LogP contribution in [0.3, 0.4) is 0 Å². The van der Waals surface area contributed by atoms with Crippen molar-refractivity contribution in [1.82, 2.24) is 29.1 Å². The quantitative estimate of drug-likeness (QED) is 0.573. The van der Waals surface area contributed by atoms with Gasteiger partial charge in [-0.3, -0.25) is 14.3 Å². The molecule has 0 saturated carbocycles. The molecule has 1 aliphatic heterocycles. The van der Waals surface area contributed by atoms with Crippen molar-refractivity contribution in [2.45, 2.75) is 53.9 Å². The molecule has 0 fully saturated rings. The first-order chi connectivity index (χ1) is 15.4. The van der Waals surface area contributed by atoms with Gasteiger partial charge in [0.1, 0.15) is 5.69 Å². The van der Waals surface area contributed by atoms with Crippen LogP contribution in [-0.2, 0) is 26.2 Å². The number of rotatable bonds is 7. The number of amides is 2. The van der Waals surface area contributed by atoms with Crippen LogP contribution in [0.4, 0.5) is 0 Å². The molecule has 4 rings (SSSR count). The van der Waals surface area contributed by atoms with Crippen molar-refractivity contribution in [2.75, 3.05) is 13.1 Å². The summed E-state index contributed by atoms with van der Waals surface area (Å²) in [6.07, 6.45) is 1.72. The zero-order valence-electron chi connectivity index (χ0n) is 19.2. The van der Waals surface area contributed by atoms with Crippen LogP contribution in [0.2, 0.25) is 0 Å². The Labute approximate surface area is 188 Å². The van der Waals surface area contributed by atoms with E-state index >= 15 is 0 Å². The fraction of sp³-hybridized carbons (Fsp3) is 0.417. The maximum atomic E-state index is 13.3. The van der Waals surface area contributed by atoms with Crippen molar-refractivity contribution in [2.24, 2.45) is 0 Å². The van der Waals surface area contributed by atoms with Crippen molar-refractivity contribution in [3.63, 3.8) is 0 Å². The molecule has 3 aromatic rings. The first kappa shape index (κ1) is 21.8. The van der Waals surface area contributed by atoms with Crippen molar-refractivity contribution in [1.29, 1.82) is 0 Å². The number of fused-ring (bicyclic) bond motifs is 1. The van der Waals surface area contributed by atoms with Gasteiger partial charge in [0, 0.05) is 56.7 Å². The van der Waals surface area contributed by atoms with Gasteiger partial charge >= 0.3 is 0 Å². The number of aryl methyl sites for hydroxylation is 2. The molecule has 0 atom stereocenters. The molecule has 0 radical (unpaired) electrons. The minimum Gasteiger partial charge on any atom is -0.333 e. The Morgan fingerprint density at radius 1 is 1.12 bits per heavy atom. The molecule has 0 unspecified atom stereocenters. The lowest BCUT2D eigenvalue weighted by atomic mass is 10.1. The summed E-state index contributed by atoms with van der Waals surface area (Å²) < 4.78 is 3.76. The summed E-state index contributed by atoms with van der Waals surface area (Å²) in [7, 11) is 0. The van der Waals surface area contributed by atoms with Crippen molar-refractivity contribution in [3.05, 3.63) is 70.6 Å². The second-order valence-electron chi connectivity index (χ2n) is 8.14. The Hall–Kier alpha value is -3.42. The Morgan fingerprint density at radius 2 is 1.88 bits per heavy atom. The van der Waals surface area contributed by atoms with Crippen LogP contribution in [0.5, 0.6) is 0 Å². The summed E-state index contributed by atoms with van der Waals surface area (Å²) >= 11 is 0. The van der Waals surface area contributed by atoms with Gasteiger partial charge in [0.15, 0.2) is 5.82 Å². The number of aromatic nitrogens is 4. The Balaban J connectivity index is 1.52. The highest BCUT2D eigenvalue weighted by Gasteiger charge is 2.30. The third-order valence-corrected chi connectivity index (χ3v) is 6.15. The highest BCUT2D eigenvalue weighted by atomic mass is 16.2. The maximum Gasteiger partial charge on any atom is 0.290 e. The summed E-state index contributed by atoms with van der Waals surface area (Å²) in [5, 5.41) is 4.56. The van der Waals surface area contributed by atoms with Crippen LogP contribution in [0.1, 0.15) is 57.5 Å². The van der Waals surface area contributed by atoms with Crippen LogP contribution in [0, 0.1) is 13.8 Å². The molecule has 0 saturated heterocycles. The summed E-state index contributed by atoms with van der Waals surface area (Å²) in [6, 6.07) is 9.91. The molecule has 1 aromatic carbocycles. The summed E-state index contributed by atoms with van der Waals surface area (Å²) in [5.41, 5.74) is 4.47. The number of hydrogen-bond acceptors (Lipinski definition) is 4. The first-order valence-corrected chi connectivity index (χ1v) is 11.1. The van der Waals surface area contributed by atoms with Gasteiger partial charge in [-0.05, 0) is 33.3 Å². The molecule has 0 spiro atoms. The van der Waals surface area contributed by atoms with E-state index in [4.69, 9.17) is 0 Å². The highest BCUT2D eigenvalue weighted by molar-refractivity contribution is 5.96. The Morgan fingerprint density at radius 3 is 2.53 bits per heavy atom. The minimum absolute atomic E-state index is 0.141. The van der Waals surface area contributed by atoms with E-state index in [2.05, 4.69) is 17.0 Å². The summed E-state index contributed by atoms with van der Waals surface area (Å²) in [6.45, 7) is 11.6. The molecule has 1 aliphatic rings. The molecular formula is C24H30N6O2. The van der Waals surface area contributed by atoms with Crippen LogP contribution in [-0.4, -0.2) is 54.0 Å². The van der Waals surface area contributed by atoms with Crippen LogP contribution in [0.15, 0.2) is 36.5 Å². The average Bonchev–Trinajstić information content (AvgIpc) is 3.36. The van der Waals surface area contributed by atoms with Gasteiger partial charge in [-0.15, -0.1) is 0 Å². The molecule has 2 amide bonds. The molecule has 2 aromatic heterocycles. The van der Waals surface area contributed by atoms with E-state index in [-0.39, 0.29) is 11.8 Å². The normalized spacial score (nSPS) is 13.4. The average molecular weight is 435 g/mol.